The minimum Gasteiger partial charge on any atom is -0.379 e. The number of carbonyl (C=O) groups is 1. The maximum absolute atomic E-state index is 12.4. The van der Waals surface area contributed by atoms with Crippen molar-refractivity contribution in [2.45, 2.75) is 20.0 Å². The van der Waals surface area contributed by atoms with Crippen molar-refractivity contribution in [1.29, 1.82) is 0 Å². The van der Waals surface area contributed by atoms with Crippen molar-refractivity contribution >= 4 is 22.6 Å². The van der Waals surface area contributed by atoms with E-state index in [1.165, 1.54) is 0 Å². The van der Waals surface area contributed by atoms with Crippen molar-refractivity contribution in [1.82, 2.24) is 14.5 Å². The molecule has 6 heteroatoms. The zero-order valence-electron chi connectivity index (χ0n) is 15.5. The van der Waals surface area contributed by atoms with Gasteiger partial charge in [-0.2, -0.15) is 0 Å². The van der Waals surface area contributed by atoms with Crippen molar-refractivity contribution in [3.05, 3.63) is 59.9 Å². The molecule has 1 aliphatic heterocycles. The van der Waals surface area contributed by atoms with Gasteiger partial charge in [-0.25, -0.2) is 4.98 Å². The Morgan fingerprint density at radius 1 is 1.15 bits per heavy atom. The lowest BCUT2D eigenvalue weighted by molar-refractivity contribution is 0.0327. The van der Waals surface area contributed by atoms with E-state index in [2.05, 4.69) is 21.7 Å². The molecular formula is C21H24N4O2. The molecule has 0 unspecified atom stereocenters. The molecule has 4 rings (SSSR count). The number of hydrogen-bond acceptors (Lipinski definition) is 4. The molecule has 1 N–H and O–H groups in total. The van der Waals surface area contributed by atoms with Crippen LogP contribution in [0.1, 0.15) is 23.1 Å². The van der Waals surface area contributed by atoms with Crippen molar-refractivity contribution in [2.24, 2.45) is 0 Å². The fourth-order valence-electron chi connectivity index (χ4n) is 3.48. The smallest absolute Gasteiger partial charge is 0.255 e. The van der Waals surface area contributed by atoms with Crippen LogP contribution >= 0.6 is 0 Å². The number of nitrogens with zero attached hydrogens (tertiary/aromatic N) is 3. The number of anilines is 1. The second kappa shape index (κ2) is 7.90. The van der Waals surface area contributed by atoms with Gasteiger partial charge in [0, 0.05) is 30.9 Å². The number of imidazole rings is 1. The van der Waals surface area contributed by atoms with Gasteiger partial charge in [0.05, 0.1) is 30.8 Å². The number of hydrogen-bond donors (Lipinski definition) is 1. The predicted octanol–water partition coefficient (Wildman–Crippen LogP) is 3.14. The lowest BCUT2D eigenvalue weighted by atomic mass is 10.2. The van der Waals surface area contributed by atoms with E-state index in [-0.39, 0.29) is 5.91 Å². The first-order chi connectivity index (χ1) is 13.2. The summed E-state index contributed by atoms with van der Waals surface area (Å²) in [5.74, 6) is 0.944. The molecule has 1 fully saturated rings. The van der Waals surface area contributed by atoms with Crippen LogP contribution < -0.4 is 5.32 Å². The standard InChI is InChI=1S/C21H24N4O2/c1-2-25-19-9-8-17(22-21(26)16-6-4-3-5-7-16)14-18(19)23-20(25)15-24-10-12-27-13-11-24/h3-9,14H,2,10-13,15H2,1H3,(H,22,26). The quantitative estimate of drug-likeness (QED) is 0.756. The summed E-state index contributed by atoms with van der Waals surface area (Å²) in [4.78, 5) is 19.6. The summed E-state index contributed by atoms with van der Waals surface area (Å²) in [7, 11) is 0. The molecule has 1 aliphatic rings. The molecule has 0 radical (unpaired) electrons. The second-order valence-electron chi connectivity index (χ2n) is 6.68. The third-order valence-electron chi connectivity index (χ3n) is 4.91. The van der Waals surface area contributed by atoms with Gasteiger partial charge in [-0.3, -0.25) is 9.69 Å². The number of nitrogens with one attached hydrogen (secondary N) is 1. The number of amides is 1. The van der Waals surface area contributed by atoms with Gasteiger partial charge in [-0.15, -0.1) is 0 Å². The molecule has 0 bridgehead atoms. The number of carbonyl (C=O) groups excluding carboxylic acids is 1. The highest BCUT2D eigenvalue weighted by atomic mass is 16.5. The Balaban J connectivity index is 1.57. The average Bonchev–Trinajstić information content (AvgIpc) is 3.05. The Kier molecular flexibility index (Phi) is 5.18. The lowest BCUT2D eigenvalue weighted by Crippen LogP contribution is -2.36. The first-order valence-electron chi connectivity index (χ1n) is 9.40. The van der Waals surface area contributed by atoms with E-state index in [0.717, 1.165) is 61.9 Å². The SMILES string of the molecule is CCn1c(CN2CCOCC2)nc2cc(NC(=O)c3ccccc3)ccc21. The van der Waals surface area contributed by atoms with Crippen LogP contribution in [0.2, 0.25) is 0 Å². The molecule has 140 valence electrons. The summed E-state index contributed by atoms with van der Waals surface area (Å²) in [5.41, 5.74) is 3.41. The fourth-order valence-corrected chi connectivity index (χ4v) is 3.48. The normalized spacial score (nSPS) is 15.1. The number of morpholine rings is 1. The summed E-state index contributed by atoms with van der Waals surface area (Å²) >= 11 is 0. The van der Waals surface area contributed by atoms with Gasteiger partial charge < -0.3 is 14.6 Å². The molecule has 6 nitrogen and oxygen atoms in total. The summed E-state index contributed by atoms with van der Waals surface area (Å²) in [5, 5.41) is 2.96. The molecule has 1 saturated heterocycles. The Morgan fingerprint density at radius 2 is 1.93 bits per heavy atom. The van der Waals surface area contributed by atoms with Gasteiger partial charge in [0.15, 0.2) is 0 Å². The number of fused-ring (bicyclic) bond motifs is 1. The molecule has 27 heavy (non-hydrogen) atoms. The monoisotopic (exact) mass is 364 g/mol. The number of rotatable bonds is 5. The van der Waals surface area contributed by atoms with Gasteiger partial charge in [0.2, 0.25) is 0 Å². The van der Waals surface area contributed by atoms with E-state index in [9.17, 15) is 4.79 Å². The third-order valence-corrected chi connectivity index (χ3v) is 4.91. The zero-order chi connectivity index (χ0) is 18.6. The number of ether oxygens (including phenoxy) is 1. The van der Waals surface area contributed by atoms with Gasteiger partial charge >= 0.3 is 0 Å². The first-order valence-corrected chi connectivity index (χ1v) is 9.40. The molecule has 1 aromatic heterocycles. The van der Waals surface area contributed by atoms with E-state index in [0.29, 0.717) is 5.56 Å². The summed E-state index contributed by atoms with van der Waals surface area (Å²) in [6.45, 7) is 7.25. The second-order valence-corrected chi connectivity index (χ2v) is 6.68. The minimum atomic E-state index is -0.113. The Hall–Kier alpha value is -2.70. The van der Waals surface area contributed by atoms with Crippen molar-refractivity contribution in [3.8, 4) is 0 Å². The Morgan fingerprint density at radius 3 is 2.67 bits per heavy atom. The molecule has 3 aromatic rings. The van der Waals surface area contributed by atoms with Crippen LogP contribution in [-0.2, 0) is 17.8 Å². The van der Waals surface area contributed by atoms with E-state index in [1.54, 1.807) is 12.1 Å². The lowest BCUT2D eigenvalue weighted by Gasteiger charge is -2.26. The maximum atomic E-state index is 12.4. The average molecular weight is 364 g/mol. The molecule has 0 aliphatic carbocycles. The van der Waals surface area contributed by atoms with E-state index in [4.69, 9.17) is 9.72 Å². The zero-order valence-corrected chi connectivity index (χ0v) is 15.5. The topological polar surface area (TPSA) is 59.4 Å². The molecule has 2 heterocycles. The number of aryl methyl sites for hydroxylation is 1. The predicted molar refractivity (Wildman–Crippen MR) is 106 cm³/mol. The van der Waals surface area contributed by atoms with Gasteiger partial charge in [0.25, 0.3) is 5.91 Å². The highest BCUT2D eigenvalue weighted by Gasteiger charge is 2.16. The Bertz CT molecular complexity index is 930. The van der Waals surface area contributed by atoms with Crippen LogP contribution in [0.5, 0.6) is 0 Å². The van der Waals surface area contributed by atoms with E-state index in [1.807, 2.05) is 36.4 Å². The largest absolute Gasteiger partial charge is 0.379 e. The van der Waals surface area contributed by atoms with E-state index < -0.39 is 0 Å². The summed E-state index contributed by atoms with van der Waals surface area (Å²) in [6, 6.07) is 15.2. The maximum Gasteiger partial charge on any atom is 0.255 e. The Labute approximate surface area is 158 Å². The number of aromatic nitrogens is 2. The van der Waals surface area contributed by atoms with Gasteiger partial charge in [-0.05, 0) is 37.3 Å². The van der Waals surface area contributed by atoms with Gasteiger partial charge in [0.1, 0.15) is 5.82 Å². The highest BCUT2D eigenvalue weighted by molar-refractivity contribution is 6.04. The van der Waals surface area contributed by atoms with Crippen LogP contribution in [0.4, 0.5) is 5.69 Å². The van der Waals surface area contributed by atoms with Crippen LogP contribution in [-0.4, -0.2) is 46.7 Å². The minimum absolute atomic E-state index is 0.113. The van der Waals surface area contributed by atoms with Crippen LogP contribution in [0.25, 0.3) is 11.0 Å². The number of benzene rings is 2. The molecule has 0 saturated carbocycles. The molecule has 0 spiro atoms. The summed E-state index contributed by atoms with van der Waals surface area (Å²) in [6.07, 6.45) is 0. The fraction of sp³-hybridized carbons (Fsp3) is 0.333. The van der Waals surface area contributed by atoms with Crippen LogP contribution in [0.15, 0.2) is 48.5 Å². The molecular weight excluding hydrogens is 340 g/mol. The van der Waals surface area contributed by atoms with E-state index >= 15 is 0 Å². The van der Waals surface area contributed by atoms with Crippen LogP contribution in [0.3, 0.4) is 0 Å². The van der Waals surface area contributed by atoms with Crippen LogP contribution in [0, 0.1) is 0 Å². The molecule has 1 amide bonds. The van der Waals surface area contributed by atoms with Crippen molar-refractivity contribution in [3.63, 3.8) is 0 Å². The van der Waals surface area contributed by atoms with Crippen molar-refractivity contribution < 1.29 is 9.53 Å². The highest BCUT2D eigenvalue weighted by Crippen LogP contribution is 2.22. The molecule has 0 atom stereocenters. The van der Waals surface area contributed by atoms with Crippen molar-refractivity contribution in [2.75, 3.05) is 31.6 Å². The molecule has 2 aromatic carbocycles. The third kappa shape index (κ3) is 3.86. The summed E-state index contributed by atoms with van der Waals surface area (Å²) < 4.78 is 7.68. The first kappa shape index (κ1) is 17.7. The van der Waals surface area contributed by atoms with Gasteiger partial charge in [-0.1, -0.05) is 18.2 Å².